The van der Waals surface area contributed by atoms with Gasteiger partial charge in [-0.3, -0.25) is 38.4 Å². The van der Waals surface area contributed by atoms with E-state index in [4.69, 9.17) is 53.1 Å². The predicted molar refractivity (Wildman–Crippen MR) is 270 cm³/mol. The van der Waals surface area contributed by atoms with Gasteiger partial charge in [0.25, 0.3) is 5.56 Å². The van der Waals surface area contributed by atoms with E-state index in [1.54, 1.807) is 13.8 Å². The third-order valence-electron chi connectivity index (χ3n) is 14.8. The Morgan fingerprint density at radius 1 is 0.756 bits per heavy atom. The molecule has 8 N–H and O–H groups in total. The molecule has 0 saturated carbocycles. The number of nitrogens with zero attached hydrogens (tertiary/aromatic N) is 3. The quantitative estimate of drug-likeness (QED) is 0.0298. The number of likely N-dealkylation sites (N-methyl/N-ethyl adjacent to an activating group) is 2. The van der Waals surface area contributed by atoms with E-state index in [2.05, 4.69) is 13.8 Å². The third-order valence-corrected chi connectivity index (χ3v) is 14.8. The highest BCUT2D eigenvalue weighted by Crippen LogP contribution is 2.37. The average molecular weight is 1120 g/mol. The molecule has 1 aromatic heterocycles. The van der Waals surface area contributed by atoms with Gasteiger partial charge in [0.05, 0.1) is 12.5 Å². The Balaban J connectivity index is 1.33. The van der Waals surface area contributed by atoms with Crippen LogP contribution in [0, 0.1) is 11.8 Å². The van der Waals surface area contributed by atoms with Gasteiger partial charge in [-0.1, -0.05) is 59.3 Å². The van der Waals surface area contributed by atoms with Crippen molar-refractivity contribution in [2.45, 2.75) is 209 Å². The average Bonchev–Trinajstić information content (AvgIpc) is 3.84. The fraction of sp³-hybridized carbons (Fsp3) is 0.824. The smallest absolute Gasteiger partial charge is 0.330 e. The number of aromatic nitrogens is 2. The van der Waals surface area contributed by atoms with Crippen molar-refractivity contribution in [3.05, 3.63) is 33.1 Å². The first kappa shape index (κ1) is 64.3. The van der Waals surface area contributed by atoms with E-state index in [0.717, 1.165) is 67.3 Å². The first-order valence-electron chi connectivity index (χ1n) is 26.7. The number of nitrogens with two attached hydrogens (primary N) is 1. The van der Waals surface area contributed by atoms with Crippen LogP contribution in [0.15, 0.2) is 21.9 Å². The normalized spacial score (nSPS) is 32.9. The topological polar surface area (TPSA) is 366 Å². The van der Waals surface area contributed by atoms with Crippen molar-refractivity contribution in [3.8, 4) is 0 Å². The summed E-state index contributed by atoms with van der Waals surface area (Å²) in [6.45, 7) is 6.93. The number of hydrogen-bond donors (Lipinski definition) is 7. The number of amides is 1. The molecule has 1 unspecified atom stereocenters. The number of carboxylic acid groups (broad SMARTS) is 1. The second kappa shape index (κ2) is 29.8. The van der Waals surface area contributed by atoms with E-state index in [1.807, 2.05) is 4.98 Å². The van der Waals surface area contributed by atoms with Crippen molar-refractivity contribution in [1.82, 2.24) is 19.4 Å². The summed E-state index contributed by atoms with van der Waals surface area (Å²) in [4.78, 5) is 97.4. The Bertz CT molecular complexity index is 2230. The Morgan fingerprint density at radius 2 is 1.37 bits per heavy atom. The van der Waals surface area contributed by atoms with Gasteiger partial charge in [0.2, 0.25) is 12.2 Å². The lowest BCUT2D eigenvalue weighted by molar-refractivity contribution is -0.297. The number of aliphatic hydroxyl groups excluding tert-OH is 4. The molecule has 4 fully saturated rings. The SMILES string of the molecule is CO[C@@H]1[C@@H](OC)[C@H](C)O[C@@H](OC(=O)C[C@@H](C)CC(=O)O[C@@H](CCCCCCCCC(C)C)CC(=O)O[C@H]2CN(C)[C@@H](C(O[C@@H]3O[C@H](CN)[C@@H](O)[C@H]3O)[C@H]3O[C@@H](n4ccc(=O)[nH]c4=O)[C@H](O)[C@@H]3O)C(=O)N(C)[C@@H]2C(=O)O)[C@@H]1OC. The zero-order chi connectivity index (χ0) is 57.7. The van der Waals surface area contributed by atoms with Crippen molar-refractivity contribution in [3.63, 3.8) is 0 Å². The van der Waals surface area contributed by atoms with Gasteiger partial charge in [-0.25, -0.2) is 9.59 Å². The fourth-order valence-electron chi connectivity index (χ4n) is 10.6. The molecule has 1 amide bonds. The molecular weight excluding hydrogens is 1030 g/mol. The highest BCUT2D eigenvalue weighted by Gasteiger charge is 2.57. The third kappa shape index (κ3) is 16.3. The summed E-state index contributed by atoms with van der Waals surface area (Å²) in [5.74, 6) is -4.99. The van der Waals surface area contributed by atoms with E-state index in [-0.39, 0.29) is 25.8 Å². The van der Waals surface area contributed by atoms with Gasteiger partial charge < -0.3 is 83.5 Å². The maximum Gasteiger partial charge on any atom is 0.330 e. The first-order chi connectivity index (χ1) is 37.0. The van der Waals surface area contributed by atoms with Crippen LogP contribution in [-0.2, 0) is 71.3 Å². The second-order valence-corrected chi connectivity index (χ2v) is 21.2. The van der Waals surface area contributed by atoms with Gasteiger partial charge in [0.15, 0.2) is 18.6 Å². The summed E-state index contributed by atoms with van der Waals surface area (Å²) >= 11 is 0. The maximum atomic E-state index is 14.7. The summed E-state index contributed by atoms with van der Waals surface area (Å²) in [7, 11) is 6.87. The Morgan fingerprint density at radius 3 is 1.96 bits per heavy atom. The van der Waals surface area contributed by atoms with Gasteiger partial charge in [0, 0.05) is 66.6 Å². The number of esters is 3. The van der Waals surface area contributed by atoms with Gasteiger partial charge in [-0.15, -0.1) is 0 Å². The number of nitrogens with one attached hydrogen (secondary N) is 1. The number of carboxylic acids is 1. The van der Waals surface area contributed by atoms with Crippen LogP contribution < -0.4 is 17.0 Å². The standard InChI is InChI=1S/C51H83N5O22/c1-25(2)16-14-12-10-11-13-15-17-28(73-32(58)20-26(3)21-33(59)76-50-45(71-9)44(70-8)41(69-7)27(4)72-50)22-34(60)74-30-24-54(5)36(46(65)55(6)35(30)48(66)67)42(78-49-40(64)37(61)29(23-52)75-49)43-38(62)39(63)47(77-43)56-19-18-31(57)53-51(56)68/h18-19,25-30,35-45,47,49-50,61-64H,10-17,20-24,52H2,1-9H3,(H,66,67)(H,53,57,68)/t26-,27-,28-,29+,30-,35-,36-,37+,38-,39+,40+,41-,42?,43-,44+,45+,47+,49-,50-/m0/s1. The zero-order valence-electron chi connectivity index (χ0n) is 46.0. The molecule has 0 aliphatic carbocycles. The number of aromatic amines is 1. The molecule has 1 aromatic rings. The minimum absolute atomic E-state index is 0.216. The molecule has 0 spiro atoms. The zero-order valence-corrected chi connectivity index (χ0v) is 46.0. The summed E-state index contributed by atoms with van der Waals surface area (Å²) in [5, 5.41) is 55.1. The molecule has 4 saturated heterocycles. The number of hydrogen-bond acceptors (Lipinski definition) is 23. The number of ether oxygens (including phenoxy) is 10. The minimum atomic E-state index is -1.97. The van der Waals surface area contributed by atoms with Crippen LogP contribution in [0.25, 0.3) is 0 Å². The lowest BCUT2D eigenvalue weighted by Crippen LogP contribution is -2.59. The van der Waals surface area contributed by atoms with Crippen molar-refractivity contribution in [2.24, 2.45) is 17.6 Å². The summed E-state index contributed by atoms with van der Waals surface area (Å²) < 4.78 is 58.7. The molecule has 0 bridgehead atoms. The maximum absolute atomic E-state index is 14.7. The molecular formula is C51H83N5O22. The van der Waals surface area contributed by atoms with Crippen LogP contribution in [0.4, 0.5) is 0 Å². The van der Waals surface area contributed by atoms with E-state index in [0.29, 0.717) is 12.3 Å². The van der Waals surface area contributed by atoms with Gasteiger partial charge in [0.1, 0.15) is 79.3 Å². The lowest BCUT2D eigenvalue weighted by atomic mass is 9.97. The largest absolute Gasteiger partial charge is 0.480 e. The van der Waals surface area contributed by atoms with Crippen LogP contribution >= 0.6 is 0 Å². The number of H-pyrrole nitrogens is 1. The molecule has 0 radical (unpaired) electrons. The molecule has 19 atom stereocenters. The summed E-state index contributed by atoms with van der Waals surface area (Å²) in [6, 6.07) is -2.60. The van der Waals surface area contributed by atoms with Gasteiger partial charge >= 0.3 is 29.6 Å². The van der Waals surface area contributed by atoms with Crippen LogP contribution in [0.5, 0.6) is 0 Å². The Labute approximate surface area is 452 Å². The van der Waals surface area contributed by atoms with E-state index in [1.165, 1.54) is 33.3 Å². The summed E-state index contributed by atoms with van der Waals surface area (Å²) in [6.07, 6.45) is -15.0. The molecule has 4 aliphatic rings. The van der Waals surface area contributed by atoms with Crippen molar-refractivity contribution < 1.29 is 96.9 Å². The number of carbonyl (C=O) groups excluding carboxylic acids is 4. The van der Waals surface area contributed by atoms with Gasteiger partial charge in [-0.05, 0) is 38.6 Å². The monoisotopic (exact) mass is 1120 g/mol. The number of aliphatic hydroxyl groups is 4. The second-order valence-electron chi connectivity index (χ2n) is 21.2. The number of aliphatic carboxylic acids is 1. The van der Waals surface area contributed by atoms with Crippen LogP contribution in [0.3, 0.4) is 0 Å². The van der Waals surface area contributed by atoms with Crippen LogP contribution in [0.1, 0.15) is 105 Å². The summed E-state index contributed by atoms with van der Waals surface area (Å²) in [5.41, 5.74) is 3.94. The molecule has 4 aliphatic heterocycles. The highest BCUT2D eigenvalue weighted by atomic mass is 16.7. The molecule has 27 heteroatoms. The van der Waals surface area contributed by atoms with Gasteiger partial charge in [-0.2, -0.15) is 0 Å². The molecule has 5 rings (SSSR count). The fourth-order valence-corrected chi connectivity index (χ4v) is 10.6. The van der Waals surface area contributed by atoms with Crippen LogP contribution in [0.2, 0.25) is 0 Å². The molecule has 27 nitrogen and oxygen atoms in total. The predicted octanol–water partition coefficient (Wildman–Crippen LogP) is -1.09. The number of methoxy groups -OCH3 is 3. The minimum Gasteiger partial charge on any atom is -0.480 e. The number of carbonyl (C=O) groups is 5. The number of rotatable bonds is 28. The molecule has 78 heavy (non-hydrogen) atoms. The van der Waals surface area contributed by atoms with E-state index >= 15 is 0 Å². The first-order valence-corrected chi connectivity index (χ1v) is 26.7. The Kier molecular flexibility index (Phi) is 24.6. The molecule has 0 aromatic carbocycles. The molecule has 444 valence electrons. The lowest BCUT2D eigenvalue weighted by Gasteiger charge is -2.43. The molecule has 5 heterocycles. The Hall–Kier alpha value is -4.49. The van der Waals surface area contributed by atoms with E-state index in [9.17, 15) is 59.1 Å². The van der Waals surface area contributed by atoms with Crippen molar-refractivity contribution >= 4 is 29.8 Å². The van der Waals surface area contributed by atoms with Crippen molar-refractivity contribution in [2.75, 3.05) is 48.5 Å². The van der Waals surface area contributed by atoms with Crippen molar-refractivity contribution in [1.29, 1.82) is 0 Å². The van der Waals surface area contributed by atoms with Crippen LogP contribution in [-0.4, -0.2) is 227 Å². The highest BCUT2D eigenvalue weighted by molar-refractivity contribution is 5.88. The number of unbranched alkanes of at least 4 members (excludes halogenated alkanes) is 5. The van der Waals surface area contributed by atoms with E-state index < -0.39 is 170 Å².